The number of rotatable bonds is 5. The number of esters is 1. The zero-order chi connectivity index (χ0) is 28.5. The van der Waals surface area contributed by atoms with Crippen molar-refractivity contribution in [3.05, 3.63) is 47.0 Å². The lowest BCUT2D eigenvalue weighted by atomic mass is 10.2. The fourth-order valence-corrected chi connectivity index (χ4v) is 2.28. The predicted molar refractivity (Wildman–Crippen MR) is 117 cm³/mol. The van der Waals surface area contributed by atoms with Gasteiger partial charge in [0.15, 0.2) is 6.61 Å². The van der Waals surface area contributed by atoms with Crippen molar-refractivity contribution >= 4 is 46.9 Å². The monoisotopic (exact) mass is 528 g/mol. The number of carbonyl (C=O) groups is 6. The van der Waals surface area contributed by atoms with Gasteiger partial charge in [0.1, 0.15) is 0 Å². The summed E-state index contributed by atoms with van der Waals surface area (Å²) in [5, 5.41) is 12.4. The number of carboxylic acid groups (broad SMARTS) is 1. The third-order valence-corrected chi connectivity index (χ3v) is 3.97. The molecule has 0 unspecified atom stereocenters. The van der Waals surface area contributed by atoms with Crippen molar-refractivity contribution in [2.45, 2.75) is 20.0 Å². The number of nitrogens with two attached hydrogens (primary N) is 2. The number of aryl methyl sites for hydroxylation is 2. The van der Waals surface area contributed by atoms with Gasteiger partial charge in [-0.25, -0.2) is 9.59 Å². The smallest absolute Gasteiger partial charge is 0.422 e. The van der Waals surface area contributed by atoms with Gasteiger partial charge in [-0.2, -0.15) is 13.2 Å². The molecule has 0 radical (unpaired) electrons. The molecule has 2 aromatic heterocycles. The van der Waals surface area contributed by atoms with Crippen LogP contribution < -0.4 is 22.1 Å². The molecule has 14 nitrogen and oxygen atoms in total. The van der Waals surface area contributed by atoms with E-state index in [9.17, 15) is 41.9 Å². The standard InChI is InChI=1S/C11H10F3N3O4.C9H9N3O4/c1-5-7(8(15)18)2-6(3-16-5)17-9(19)10(20)21-4-11(12,13)14;1-4-6(7(10)13)2-5(3-11-4)12-8(14)9(15)16/h2-3H,4H2,1H3,(H2,15,18)(H,17,19);2-3H,1H3,(H2,10,13)(H,12,14)(H,15,16). The van der Waals surface area contributed by atoms with Gasteiger partial charge in [-0.05, 0) is 26.0 Å². The topological polar surface area (TPSA) is 234 Å². The maximum atomic E-state index is 11.8. The third-order valence-electron chi connectivity index (χ3n) is 3.97. The van der Waals surface area contributed by atoms with Crippen LogP contribution in [-0.2, 0) is 23.9 Å². The normalized spacial score (nSPS) is 10.3. The van der Waals surface area contributed by atoms with E-state index in [2.05, 4.69) is 20.0 Å². The SMILES string of the molecule is Cc1ncc(NC(=O)C(=O)O)cc1C(N)=O.Cc1ncc(NC(=O)C(=O)OCC(F)(F)F)cc1C(N)=O. The highest BCUT2D eigenvalue weighted by Crippen LogP contribution is 2.15. The highest BCUT2D eigenvalue weighted by atomic mass is 19.4. The third kappa shape index (κ3) is 9.97. The van der Waals surface area contributed by atoms with Crippen LogP contribution in [0.2, 0.25) is 0 Å². The first-order chi connectivity index (χ1) is 17.0. The predicted octanol–water partition coefficient (Wildman–Crippen LogP) is 0.0449. The molecule has 0 fully saturated rings. The van der Waals surface area contributed by atoms with Crippen LogP contribution in [0.4, 0.5) is 24.5 Å². The second-order valence-electron chi connectivity index (χ2n) is 6.85. The molecule has 0 aliphatic heterocycles. The number of nitrogens with zero attached hydrogens (tertiary/aromatic N) is 2. The Morgan fingerprint density at radius 2 is 1.27 bits per heavy atom. The van der Waals surface area contributed by atoms with Crippen LogP contribution in [0.15, 0.2) is 24.5 Å². The van der Waals surface area contributed by atoms with Crippen molar-refractivity contribution in [2.24, 2.45) is 11.5 Å². The van der Waals surface area contributed by atoms with Crippen molar-refractivity contribution in [1.82, 2.24) is 9.97 Å². The van der Waals surface area contributed by atoms with Crippen LogP contribution >= 0.6 is 0 Å². The molecule has 0 saturated heterocycles. The van der Waals surface area contributed by atoms with Crippen LogP contribution in [-0.4, -0.2) is 63.4 Å². The maximum absolute atomic E-state index is 11.8. The first-order valence-electron chi connectivity index (χ1n) is 9.63. The highest BCUT2D eigenvalue weighted by molar-refractivity contribution is 6.37. The number of aromatic nitrogens is 2. The van der Waals surface area contributed by atoms with Crippen molar-refractivity contribution in [3.63, 3.8) is 0 Å². The molecule has 0 aromatic carbocycles. The fraction of sp³-hybridized carbons (Fsp3) is 0.200. The average Bonchev–Trinajstić information content (AvgIpc) is 2.79. The lowest BCUT2D eigenvalue weighted by molar-refractivity contribution is -0.186. The van der Waals surface area contributed by atoms with E-state index in [1.165, 1.54) is 19.2 Å². The zero-order valence-electron chi connectivity index (χ0n) is 19.0. The maximum Gasteiger partial charge on any atom is 0.422 e. The molecule has 2 rings (SSSR count). The number of nitrogens with one attached hydrogen (secondary N) is 2. The molecule has 0 atom stereocenters. The fourth-order valence-electron chi connectivity index (χ4n) is 2.28. The van der Waals surface area contributed by atoms with Crippen molar-refractivity contribution < 1.29 is 51.8 Å². The van der Waals surface area contributed by atoms with Gasteiger partial charge in [-0.15, -0.1) is 0 Å². The molecule has 0 aliphatic rings. The second-order valence-corrected chi connectivity index (χ2v) is 6.85. The number of carboxylic acids is 1. The molecular weight excluding hydrogens is 509 g/mol. The number of amides is 4. The van der Waals surface area contributed by atoms with Crippen LogP contribution in [0, 0.1) is 13.8 Å². The first-order valence-corrected chi connectivity index (χ1v) is 9.63. The molecule has 7 N–H and O–H groups in total. The summed E-state index contributed by atoms with van der Waals surface area (Å²) in [5.74, 6) is -7.48. The summed E-state index contributed by atoms with van der Waals surface area (Å²) in [4.78, 5) is 73.0. The summed E-state index contributed by atoms with van der Waals surface area (Å²) in [6, 6.07) is 2.41. The second kappa shape index (κ2) is 12.6. The Morgan fingerprint density at radius 1 is 0.865 bits per heavy atom. The van der Waals surface area contributed by atoms with Gasteiger partial charge in [0, 0.05) is 0 Å². The molecule has 2 heterocycles. The summed E-state index contributed by atoms with van der Waals surface area (Å²) >= 11 is 0. The number of aliphatic carboxylic acids is 1. The minimum atomic E-state index is -4.74. The molecule has 198 valence electrons. The summed E-state index contributed by atoms with van der Waals surface area (Å²) in [5.41, 5.74) is 11.0. The van der Waals surface area contributed by atoms with Crippen molar-refractivity contribution in [1.29, 1.82) is 0 Å². The van der Waals surface area contributed by atoms with Gasteiger partial charge in [0.05, 0.1) is 46.3 Å². The summed E-state index contributed by atoms with van der Waals surface area (Å²) in [6.07, 6.45) is -2.39. The number of carbonyl (C=O) groups excluding carboxylic acids is 5. The van der Waals surface area contributed by atoms with E-state index >= 15 is 0 Å². The van der Waals surface area contributed by atoms with Crippen molar-refractivity contribution in [3.8, 4) is 0 Å². The lowest BCUT2D eigenvalue weighted by Crippen LogP contribution is -2.29. The highest BCUT2D eigenvalue weighted by Gasteiger charge is 2.31. The van der Waals surface area contributed by atoms with E-state index in [0.29, 0.717) is 11.4 Å². The van der Waals surface area contributed by atoms with Crippen molar-refractivity contribution in [2.75, 3.05) is 17.2 Å². The summed E-state index contributed by atoms with van der Waals surface area (Å²) in [6.45, 7) is 1.18. The van der Waals surface area contributed by atoms with Crippen LogP contribution in [0.1, 0.15) is 32.1 Å². The number of halogens is 3. The van der Waals surface area contributed by atoms with Gasteiger partial charge in [0.25, 0.3) is 11.8 Å². The summed E-state index contributed by atoms with van der Waals surface area (Å²) in [7, 11) is 0. The Labute approximate surface area is 205 Å². The molecule has 0 aliphatic carbocycles. The van der Waals surface area contributed by atoms with E-state index < -0.39 is 48.4 Å². The number of hydrogen-bond acceptors (Lipinski definition) is 9. The minimum absolute atomic E-state index is 0.00328. The number of hydrogen-bond donors (Lipinski definition) is 5. The molecule has 37 heavy (non-hydrogen) atoms. The molecule has 4 amide bonds. The van der Waals surface area contributed by atoms with Crippen LogP contribution in [0.25, 0.3) is 0 Å². The molecule has 0 saturated carbocycles. The average molecular weight is 528 g/mol. The van der Waals surface area contributed by atoms with Gasteiger partial charge in [0.2, 0.25) is 0 Å². The zero-order valence-corrected chi connectivity index (χ0v) is 19.0. The number of alkyl halides is 3. The molecular formula is C20H19F3N6O8. The Kier molecular flexibility index (Phi) is 10.2. The molecule has 2 aromatic rings. The van der Waals surface area contributed by atoms with Gasteiger partial charge >= 0.3 is 29.9 Å². The first kappa shape index (κ1) is 29.9. The van der Waals surface area contributed by atoms with Gasteiger partial charge < -0.3 is 31.9 Å². The number of pyridine rings is 2. The Hall–Kier alpha value is -5.09. The summed E-state index contributed by atoms with van der Waals surface area (Å²) < 4.78 is 39.2. The molecule has 17 heteroatoms. The quantitative estimate of drug-likeness (QED) is 0.258. The van der Waals surface area contributed by atoms with Gasteiger partial charge in [-0.3, -0.25) is 29.1 Å². The lowest BCUT2D eigenvalue weighted by Gasteiger charge is -2.09. The van der Waals surface area contributed by atoms with E-state index in [0.717, 1.165) is 12.3 Å². The Bertz CT molecular complexity index is 1250. The van der Waals surface area contributed by atoms with Crippen LogP contribution in [0.3, 0.4) is 0 Å². The molecule has 0 spiro atoms. The van der Waals surface area contributed by atoms with E-state index in [1.54, 1.807) is 6.92 Å². The van der Waals surface area contributed by atoms with E-state index in [-0.39, 0.29) is 22.5 Å². The number of primary amides is 2. The minimum Gasteiger partial charge on any atom is -0.474 e. The largest absolute Gasteiger partial charge is 0.474 e. The number of ether oxygens (including phenoxy) is 1. The Morgan fingerprint density at radius 3 is 1.62 bits per heavy atom. The van der Waals surface area contributed by atoms with Gasteiger partial charge in [-0.1, -0.05) is 0 Å². The Balaban J connectivity index is 0.000000384. The van der Waals surface area contributed by atoms with E-state index in [1.807, 2.05) is 5.32 Å². The van der Waals surface area contributed by atoms with Crippen LogP contribution in [0.5, 0.6) is 0 Å². The molecule has 0 bridgehead atoms. The van der Waals surface area contributed by atoms with E-state index in [4.69, 9.17) is 16.6 Å². The number of anilines is 2.